The van der Waals surface area contributed by atoms with Crippen LogP contribution in [0.1, 0.15) is 61.5 Å². The van der Waals surface area contributed by atoms with Gasteiger partial charge < -0.3 is 25.8 Å². The van der Waals surface area contributed by atoms with Crippen LogP contribution in [0.25, 0.3) is 0 Å². The van der Waals surface area contributed by atoms with Gasteiger partial charge in [-0.15, -0.1) is 0 Å². The fourth-order valence-electron chi connectivity index (χ4n) is 4.08. The quantitative estimate of drug-likeness (QED) is 0.248. The molecule has 2 fully saturated rings. The van der Waals surface area contributed by atoms with E-state index in [1.165, 1.54) is 0 Å². The number of halogens is 2. The summed E-state index contributed by atoms with van der Waals surface area (Å²) in [5.41, 5.74) is -2.45. The monoisotopic (exact) mass is 529 g/mol. The van der Waals surface area contributed by atoms with E-state index in [1.54, 1.807) is 13.8 Å². The fourth-order valence-corrected chi connectivity index (χ4v) is 4.68. The Kier molecular flexibility index (Phi) is 9.11. The molecule has 1 heterocycles. The molecule has 0 aromatic heterocycles. The number of nitrogens with one attached hydrogen (secondary N) is 3. The summed E-state index contributed by atoms with van der Waals surface area (Å²) in [5, 5.41) is 17.1. The summed E-state index contributed by atoms with van der Waals surface area (Å²) in [6.45, 7) is 1.15. The Morgan fingerprint density at radius 3 is 2.40 bits per heavy atom. The molecule has 202 valence electrons. The van der Waals surface area contributed by atoms with Gasteiger partial charge in [-0.3, -0.25) is 14.1 Å². The number of aliphatic hydroxyl groups is 1. The zero-order valence-electron chi connectivity index (χ0n) is 21.6. The van der Waals surface area contributed by atoms with Crippen LogP contribution in [0.5, 0.6) is 0 Å². The van der Waals surface area contributed by atoms with E-state index in [-0.39, 0.29) is 31.6 Å². The normalized spacial score (nSPS) is 24.5. The van der Waals surface area contributed by atoms with Crippen molar-refractivity contribution in [2.75, 3.05) is 13.1 Å². The number of alkyl halides is 2. The second kappa shape index (κ2) is 12.3. The smallest absolute Gasteiger partial charge is 0.407 e. The number of amides is 3. The van der Waals surface area contributed by atoms with E-state index in [0.29, 0.717) is 13.0 Å². The molecular formula is C21H35F2N3O8S. The van der Waals surface area contributed by atoms with Crippen molar-refractivity contribution < 1.29 is 48.7 Å². The number of carbonyl (C=O) groups is 3. The maximum atomic E-state index is 13.4. The zero-order valence-corrected chi connectivity index (χ0v) is 20.4. The first-order valence-corrected chi connectivity index (χ1v) is 13.0. The summed E-state index contributed by atoms with van der Waals surface area (Å²) in [7, 11) is -5.03. The first-order valence-electron chi connectivity index (χ1n) is 12.5. The van der Waals surface area contributed by atoms with Crippen LogP contribution in [0.15, 0.2) is 0 Å². The number of rotatable bonds is 11. The van der Waals surface area contributed by atoms with Crippen LogP contribution in [-0.4, -0.2) is 72.5 Å². The summed E-state index contributed by atoms with van der Waals surface area (Å²) in [6.07, 6.45) is -2.82. The van der Waals surface area contributed by atoms with Gasteiger partial charge >= 0.3 is 6.09 Å². The molecule has 0 spiro atoms. The van der Waals surface area contributed by atoms with Crippen molar-refractivity contribution in [1.82, 2.24) is 16.0 Å². The summed E-state index contributed by atoms with van der Waals surface area (Å²) < 4.78 is 80.2. The Balaban J connectivity index is 2.11. The summed E-state index contributed by atoms with van der Waals surface area (Å²) in [4.78, 5) is 37.4. The number of hydrogen-bond donors (Lipinski definition) is 5. The number of carbonyl (C=O) groups excluding carboxylic acids is 3. The molecule has 0 bridgehead atoms. The summed E-state index contributed by atoms with van der Waals surface area (Å²) in [6, 6.07) is -2.97. The van der Waals surface area contributed by atoms with Crippen molar-refractivity contribution >= 4 is 28.0 Å². The molecule has 0 aromatic carbocycles. The Bertz CT molecular complexity index is 944. The fraction of sp³-hybridized carbons (Fsp3) is 0.857. The predicted molar refractivity (Wildman–Crippen MR) is 120 cm³/mol. The third kappa shape index (κ3) is 9.49. The molecule has 4 unspecified atom stereocenters. The first-order chi connectivity index (χ1) is 16.9. The molecule has 4 atom stereocenters. The minimum absolute atomic E-state index is 0.00180. The lowest BCUT2D eigenvalue weighted by atomic mass is 9.87. The van der Waals surface area contributed by atoms with Crippen LogP contribution in [0.3, 0.4) is 0 Å². The lowest BCUT2D eigenvalue weighted by Crippen LogP contribution is -2.55. The third-order valence-electron chi connectivity index (χ3n) is 6.03. The summed E-state index contributed by atoms with van der Waals surface area (Å²) in [5.74, 6) is -6.18. The maximum Gasteiger partial charge on any atom is 0.407 e. The van der Waals surface area contributed by atoms with E-state index >= 15 is 0 Å². The zero-order chi connectivity index (χ0) is 28.2. The highest BCUT2D eigenvalue weighted by Crippen LogP contribution is 2.36. The van der Waals surface area contributed by atoms with Crippen LogP contribution >= 0.6 is 0 Å². The van der Waals surface area contributed by atoms with Gasteiger partial charge in [-0.05, 0) is 43.9 Å². The molecule has 2 rings (SSSR count). The molecule has 1 aliphatic heterocycles. The molecule has 1 aliphatic carbocycles. The van der Waals surface area contributed by atoms with Gasteiger partial charge in [0.05, 0.1) is 15.3 Å². The van der Waals surface area contributed by atoms with Crippen molar-refractivity contribution in [2.24, 2.45) is 17.8 Å². The van der Waals surface area contributed by atoms with Gasteiger partial charge in [0, 0.05) is 25.3 Å². The van der Waals surface area contributed by atoms with Crippen LogP contribution < -0.4 is 16.0 Å². The molecule has 35 heavy (non-hydrogen) atoms. The van der Waals surface area contributed by atoms with E-state index in [2.05, 4.69) is 16.0 Å². The van der Waals surface area contributed by atoms with Gasteiger partial charge in [-0.1, -0.05) is 13.8 Å². The Labute approximate surface area is 206 Å². The molecular weight excluding hydrogens is 492 g/mol. The molecule has 11 nitrogen and oxygen atoms in total. The Morgan fingerprint density at radius 2 is 1.89 bits per heavy atom. The highest BCUT2D eigenvalue weighted by molar-refractivity contribution is 7.86. The molecule has 3 amide bonds. The highest BCUT2D eigenvalue weighted by Gasteiger charge is 2.38. The first kappa shape index (κ1) is 26.0. The molecule has 0 radical (unpaired) electrons. The van der Waals surface area contributed by atoms with E-state index in [0.717, 1.165) is 0 Å². The standard InChI is InChI=1S/C21H35F2N3O8S/c1-12(2)9-15(26-20(30)34-11-13-3-6-21(22,23)7-4-13)18(28)25-16(19(29)35(31,32)33)10-14-5-8-24-17(14)27/h12-16,19,29H,3-11H2,1-2H3,(H,24,27)(H,25,28)(H,26,30)(H,31,32,33)/i11D2. The second-order valence-electron chi connectivity index (χ2n) is 9.50. The van der Waals surface area contributed by atoms with Gasteiger partial charge in [0.2, 0.25) is 23.2 Å². The molecule has 1 saturated heterocycles. The minimum atomic E-state index is -5.03. The van der Waals surface area contributed by atoms with E-state index in [4.69, 9.17) is 7.48 Å². The average Bonchev–Trinajstić information content (AvgIpc) is 3.14. The minimum Gasteiger partial charge on any atom is -0.449 e. The largest absolute Gasteiger partial charge is 0.449 e. The predicted octanol–water partition coefficient (Wildman–Crippen LogP) is 1.17. The Morgan fingerprint density at radius 1 is 1.26 bits per heavy atom. The van der Waals surface area contributed by atoms with Crippen LogP contribution in [0, 0.1) is 17.8 Å². The van der Waals surface area contributed by atoms with Gasteiger partial charge in [-0.25, -0.2) is 13.6 Å². The van der Waals surface area contributed by atoms with E-state index < -0.39 is 82.7 Å². The van der Waals surface area contributed by atoms with E-state index in [1.807, 2.05) is 0 Å². The summed E-state index contributed by atoms with van der Waals surface area (Å²) >= 11 is 0. The molecule has 14 heteroatoms. The van der Waals surface area contributed by atoms with Crippen molar-refractivity contribution in [3.05, 3.63) is 0 Å². The van der Waals surface area contributed by atoms with Crippen molar-refractivity contribution in [2.45, 2.75) is 82.2 Å². The molecule has 5 N–H and O–H groups in total. The lowest BCUT2D eigenvalue weighted by Gasteiger charge is -2.29. The molecule has 0 aromatic rings. The third-order valence-corrected chi connectivity index (χ3v) is 6.97. The van der Waals surface area contributed by atoms with Crippen LogP contribution in [0.2, 0.25) is 0 Å². The topological polar surface area (TPSA) is 171 Å². The maximum absolute atomic E-state index is 13.4. The highest BCUT2D eigenvalue weighted by atomic mass is 32.2. The number of hydrogen-bond acceptors (Lipinski definition) is 7. The number of ether oxygens (including phenoxy) is 1. The van der Waals surface area contributed by atoms with Crippen molar-refractivity contribution in [3.8, 4) is 0 Å². The van der Waals surface area contributed by atoms with E-state index in [9.17, 15) is 41.2 Å². The van der Waals surface area contributed by atoms with Crippen LogP contribution in [-0.2, 0) is 24.4 Å². The van der Waals surface area contributed by atoms with Gasteiger partial charge in [-0.2, -0.15) is 8.42 Å². The second-order valence-corrected chi connectivity index (χ2v) is 11.0. The van der Waals surface area contributed by atoms with Gasteiger partial charge in [0.1, 0.15) is 6.04 Å². The SMILES string of the molecule is [2H]C([2H])(OC(=O)NC(CC(C)C)C(=O)NC(CC1CCNC1=O)C(O)S(=O)(=O)O)C1CCC(F)(F)CC1. The molecule has 1 saturated carbocycles. The lowest BCUT2D eigenvalue weighted by molar-refractivity contribution is -0.126. The van der Waals surface area contributed by atoms with Crippen LogP contribution in [0.4, 0.5) is 13.6 Å². The van der Waals surface area contributed by atoms with Gasteiger partial charge in [0.15, 0.2) is 0 Å². The van der Waals surface area contributed by atoms with Gasteiger partial charge in [0.25, 0.3) is 10.1 Å². The molecule has 2 aliphatic rings. The van der Waals surface area contributed by atoms with Crippen molar-refractivity contribution in [3.63, 3.8) is 0 Å². The number of aliphatic hydroxyl groups excluding tert-OH is 1. The Hall–Kier alpha value is -2.06. The number of alkyl carbamates (subject to hydrolysis) is 1. The average molecular weight is 530 g/mol. The van der Waals surface area contributed by atoms with Crippen molar-refractivity contribution in [1.29, 1.82) is 0 Å².